The summed E-state index contributed by atoms with van der Waals surface area (Å²) in [6, 6.07) is 12.0. The molecule has 0 radical (unpaired) electrons. The maximum atomic E-state index is 6.25. The first-order chi connectivity index (χ1) is 9.67. The van der Waals surface area contributed by atoms with Gasteiger partial charge >= 0.3 is 0 Å². The largest absolute Gasteiger partial charge is 0.497 e. The second kappa shape index (κ2) is 5.25. The van der Waals surface area contributed by atoms with Gasteiger partial charge in [0.2, 0.25) is 0 Å². The van der Waals surface area contributed by atoms with Crippen molar-refractivity contribution in [2.24, 2.45) is 0 Å². The highest BCUT2D eigenvalue weighted by atomic mass is 35.5. The highest BCUT2D eigenvalue weighted by molar-refractivity contribution is 6.33. The van der Waals surface area contributed by atoms with Crippen LogP contribution in [0.3, 0.4) is 0 Å². The van der Waals surface area contributed by atoms with E-state index < -0.39 is 0 Å². The number of nitrogens with two attached hydrogens (primary N) is 1. The van der Waals surface area contributed by atoms with Crippen LogP contribution in [0.4, 0.5) is 11.4 Å². The number of hydrogen-bond acceptors (Lipinski definition) is 3. The molecule has 3 nitrogen and oxygen atoms in total. The molecule has 0 amide bonds. The number of methoxy groups -OCH3 is 1. The van der Waals surface area contributed by atoms with E-state index in [4.69, 9.17) is 22.1 Å². The Morgan fingerprint density at radius 3 is 2.90 bits per heavy atom. The third kappa shape index (κ3) is 2.41. The molecule has 0 saturated heterocycles. The molecular formula is C16H17ClN2O. The zero-order chi connectivity index (χ0) is 14.1. The summed E-state index contributed by atoms with van der Waals surface area (Å²) in [5, 5.41) is 4.21. The highest BCUT2D eigenvalue weighted by Gasteiger charge is 2.23. The molecule has 3 N–H and O–H groups in total. The highest BCUT2D eigenvalue weighted by Crippen LogP contribution is 2.37. The molecule has 0 aromatic heterocycles. The fourth-order valence-corrected chi connectivity index (χ4v) is 2.89. The fraction of sp³-hybridized carbons (Fsp3) is 0.250. The van der Waals surface area contributed by atoms with Crippen LogP contribution in [0.5, 0.6) is 5.75 Å². The first-order valence-electron chi connectivity index (χ1n) is 6.66. The fourth-order valence-electron chi connectivity index (χ4n) is 2.72. The number of hydrogen-bond donors (Lipinski definition) is 2. The van der Waals surface area contributed by atoms with Gasteiger partial charge in [-0.25, -0.2) is 0 Å². The molecule has 2 aromatic rings. The average molecular weight is 289 g/mol. The zero-order valence-electron chi connectivity index (χ0n) is 11.3. The second-order valence-electron chi connectivity index (χ2n) is 5.04. The number of halogens is 1. The van der Waals surface area contributed by atoms with Gasteiger partial charge in [0.1, 0.15) is 5.75 Å². The van der Waals surface area contributed by atoms with E-state index in [0.29, 0.717) is 5.02 Å². The number of rotatable bonds is 3. The van der Waals surface area contributed by atoms with E-state index in [1.54, 1.807) is 7.11 Å². The van der Waals surface area contributed by atoms with Crippen LogP contribution < -0.4 is 15.8 Å². The predicted octanol–water partition coefficient (Wildman–Crippen LogP) is 4.03. The van der Waals surface area contributed by atoms with Gasteiger partial charge in [0.25, 0.3) is 0 Å². The summed E-state index contributed by atoms with van der Waals surface area (Å²) in [4.78, 5) is 0. The molecule has 0 heterocycles. The Labute approximate surface area is 123 Å². The zero-order valence-corrected chi connectivity index (χ0v) is 12.1. The molecule has 0 aliphatic heterocycles. The quantitative estimate of drug-likeness (QED) is 0.838. The van der Waals surface area contributed by atoms with E-state index in [2.05, 4.69) is 17.4 Å². The Hall–Kier alpha value is -1.87. The van der Waals surface area contributed by atoms with Gasteiger partial charge < -0.3 is 15.8 Å². The number of aryl methyl sites for hydroxylation is 1. The monoisotopic (exact) mass is 288 g/mol. The van der Waals surface area contributed by atoms with Crippen molar-refractivity contribution in [3.05, 3.63) is 52.5 Å². The van der Waals surface area contributed by atoms with Crippen molar-refractivity contribution < 1.29 is 4.74 Å². The first kappa shape index (κ1) is 13.1. The Balaban J connectivity index is 1.87. The Morgan fingerprint density at radius 1 is 1.25 bits per heavy atom. The molecule has 0 fully saturated rings. The minimum atomic E-state index is 0.273. The molecule has 0 spiro atoms. The summed E-state index contributed by atoms with van der Waals surface area (Å²) in [5.74, 6) is 0.799. The molecule has 0 saturated carbocycles. The average Bonchev–Trinajstić information content (AvgIpc) is 2.83. The van der Waals surface area contributed by atoms with Crippen molar-refractivity contribution in [2.75, 3.05) is 18.2 Å². The number of benzene rings is 2. The molecule has 20 heavy (non-hydrogen) atoms. The minimum Gasteiger partial charge on any atom is -0.497 e. The Morgan fingerprint density at radius 2 is 2.10 bits per heavy atom. The molecule has 104 valence electrons. The van der Waals surface area contributed by atoms with Crippen molar-refractivity contribution >= 4 is 23.0 Å². The molecule has 1 aliphatic rings. The van der Waals surface area contributed by atoms with Crippen molar-refractivity contribution in [3.8, 4) is 5.75 Å². The Bertz CT molecular complexity index is 642. The van der Waals surface area contributed by atoms with Crippen LogP contribution in [0.2, 0.25) is 5.02 Å². The second-order valence-corrected chi connectivity index (χ2v) is 5.45. The van der Waals surface area contributed by atoms with Gasteiger partial charge in [-0.15, -0.1) is 0 Å². The summed E-state index contributed by atoms with van der Waals surface area (Å²) in [6.45, 7) is 0. The Kier molecular flexibility index (Phi) is 3.45. The first-order valence-corrected chi connectivity index (χ1v) is 7.03. The van der Waals surface area contributed by atoms with Crippen molar-refractivity contribution in [1.29, 1.82) is 0 Å². The predicted molar refractivity (Wildman–Crippen MR) is 83.5 cm³/mol. The summed E-state index contributed by atoms with van der Waals surface area (Å²) in [6.07, 6.45) is 2.09. The van der Waals surface area contributed by atoms with Crippen LogP contribution in [-0.2, 0) is 6.42 Å². The summed E-state index contributed by atoms with van der Waals surface area (Å²) < 4.78 is 5.24. The number of nitrogens with one attached hydrogen (secondary N) is 1. The van der Waals surface area contributed by atoms with Crippen LogP contribution in [0.25, 0.3) is 0 Å². The van der Waals surface area contributed by atoms with E-state index >= 15 is 0 Å². The lowest BCUT2D eigenvalue weighted by molar-refractivity contribution is 0.415. The van der Waals surface area contributed by atoms with Crippen LogP contribution in [-0.4, -0.2) is 7.11 Å². The van der Waals surface area contributed by atoms with Crippen LogP contribution in [0, 0.1) is 0 Å². The summed E-state index contributed by atoms with van der Waals surface area (Å²) >= 11 is 6.25. The smallest absolute Gasteiger partial charge is 0.121 e. The summed E-state index contributed by atoms with van der Waals surface area (Å²) in [7, 11) is 1.65. The molecular weight excluding hydrogens is 272 g/mol. The van der Waals surface area contributed by atoms with Crippen molar-refractivity contribution in [1.82, 2.24) is 0 Å². The third-order valence-electron chi connectivity index (χ3n) is 3.75. The van der Waals surface area contributed by atoms with E-state index in [-0.39, 0.29) is 6.04 Å². The van der Waals surface area contributed by atoms with Crippen LogP contribution in [0.15, 0.2) is 36.4 Å². The van der Waals surface area contributed by atoms with Crippen molar-refractivity contribution in [3.63, 3.8) is 0 Å². The number of fused-ring (bicyclic) bond motifs is 1. The van der Waals surface area contributed by atoms with Gasteiger partial charge in [-0.3, -0.25) is 0 Å². The van der Waals surface area contributed by atoms with Gasteiger partial charge in [0.15, 0.2) is 0 Å². The molecule has 1 atom stereocenters. The van der Waals surface area contributed by atoms with Gasteiger partial charge in [0, 0.05) is 11.8 Å². The lowest BCUT2D eigenvalue weighted by Gasteiger charge is -2.17. The number of anilines is 2. The molecule has 1 unspecified atom stereocenters. The van der Waals surface area contributed by atoms with E-state index in [9.17, 15) is 0 Å². The van der Waals surface area contributed by atoms with Crippen LogP contribution >= 0.6 is 11.6 Å². The van der Waals surface area contributed by atoms with Gasteiger partial charge in [0.05, 0.1) is 23.9 Å². The van der Waals surface area contributed by atoms with Gasteiger partial charge in [-0.1, -0.05) is 17.7 Å². The molecule has 0 bridgehead atoms. The van der Waals surface area contributed by atoms with Gasteiger partial charge in [-0.2, -0.15) is 0 Å². The lowest BCUT2D eigenvalue weighted by atomic mass is 10.1. The SMILES string of the molecule is COc1ccc(Cl)c(NC2CCc3cc(N)ccc32)c1. The lowest BCUT2D eigenvalue weighted by Crippen LogP contribution is -2.07. The normalized spacial score (nSPS) is 16.8. The van der Waals surface area contributed by atoms with Crippen molar-refractivity contribution in [2.45, 2.75) is 18.9 Å². The third-order valence-corrected chi connectivity index (χ3v) is 4.08. The molecule has 3 rings (SSSR count). The van der Waals surface area contributed by atoms with Gasteiger partial charge in [-0.05, 0) is 48.2 Å². The maximum absolute atomic E-state index is 6.25. The molecule has 1 aliphatic carbocycles. The molecule has 4 heteroatoms. The standard InChI is InChI=1S/C16H17ClN2O/c1-20-12-4-6-14(17)16(9-12)19-15-7-2-10-8-11(18)3-5-13(10)15/h3-6,8-9,15,19H,2,7,18H2,1H3. The summed E-state index contributed by atoms with van der Waals surface area (Å²) in [5.41, 5.74) is 10.2. The van der Waals surface area contributed by atoms with Crippen LogP contribution in [0.1, 0.15) is 23.6 Å². The van der Waals surface area contributed by atoms with E-state index in [0.717, 1.165) is 30.0 Å². The molecule has 2 aromatic carbocycles. The van der Waals surface area contributed by atoms with E-state index in [1.165, 1.54) is 11.1 Å². The number of nitrogen functional groups attached to an aromatic ring is 1. The topological polar surface area (TPSA) is 47.3 Å². The maximum Gasteiger partial charge on any atom is 0.121 e. The number of ether oxygens (including phenoxy) is 1. The minimum absolute atomic E-state index is 0.273. The van der Waals surface area contributed by atoms with E-state index in [1.807, 2.05) is 24.3 Å².